The van der Waals surface area contributed by atoms with Crippen molar-refractivity contribution in [1.29, 1.82) is 0 Å². The van der Waals surface area contributed by atoms with Crippen LogP contribution in [0.1, 0.15) is 22.3 Å². The Kier molecular flexibility index (Phi) is 11.3. The minimum Gasteiger partial charge on any atom is -0.494 e. The van der Waals surface area contributed by atoms with E-state index in [1.54, 1.807) is 6.07 Å². The van der Waals surface area contributed by atoms with Gasteiger partial charge in [-0.05, 0) is 24.3 Å². The molecule has 0 fully saturated rings. The van der Waals surface area contributed by atoms with Crippen LogP contribution >= 0.6 is 0 Å². The summed E-state index contributed by atoms with van der Waals surface area (Å²) in [4.78, 5) is 25.0. The summed E-state index contributed by atoms with van der Waals surface area (Å²) >= 11 is 0. The number of amides is 2. The van der Waals surface area contributed by atoms with Gasteiger partial charge in [-0.25, -0.2) is 8.78 Å². The first-order valence-corrected chi connectivity index (χ1v) is 12.6. The summed E-state index contributed by atoms with van der Waals surface area (Å²) in [5, 5.41) is 17.1. The maximum Gasteiger partial charge on any atom is 0.390 e. The Morgan fingerprint density at radius 1 is 1.00 bits per heavy atom. The Morgan fingerprint density at radius 2 is 1.70 bits per heavy atom. The Bertz CT molecular complexity index is 1420. The molecular weight excluding hydrogens is 583 g/mol. The third kappa shape index (κ3) is 9.32. The van der Waals surface area contributed by atoms with Gasteiger partial charge in [0.15, 0.2) is 23.1 Å². The van der Waals surface area contributed by atoms with Gasteiger partial charge in [-0.2, -0.15) is 13.2 Å². The van der Waals surface area contributed by atoms with Crippen molar-refractivity contribution in [2.24, 2.45) is 0 Å². The SMILES string of the molecule is C=CC(=O)Nc1cc(NCCNCCC(F)(F)F)ccc1C(=O)Nc1cc(OCc2c(F)c(OC)cc(OC)c2F)n[nH]1. The molecule has 0 aliphatic heterocycles. The Balaban J connectivity index is 1.66. The fourth-order valence-electron chi connectivity index (χ4n) is 3.63. The van der Waals surface area contributed by atoms with Crippen molar-refractivity contribution < 1.29 is 45.8 Å². The number of nitrogens with one attached hydrogen (secondary N) is 5. The molecule has 1 aromatic heterocycles. The van der Waals surface area contributed by atoms with Gasteiger partial charge in [0, 0.05) is 37.5 Å². The normalized spacial score (nSPS) is 11.0. The van der Waals surface area contributed by atoms with Crippen LogP contribution in [0, 0.1) is 11.6 Å². The van der Waals surface area contributed by atoms with E-state index in [4.69, 9.17) is 14.2 Å². The van der Waals surface area contributed by atoms with E-state index in [9.17, 15) is 31.5 Å². The molecule has 0 radical (unpaired) electrons. The van der Waals surface area contributed by atoms with Gasteiger partial charge in [0.1, 0.15) is 12.4 Å². The molecule has 0 aliphatic carbocycles. The fraction of sp³-hybridized carbons (Fsp3) is 0.296. The second-order valence-corrected chi connectivity index (χ2v) is 8.75. The first-order valence-electron chi connectivity index (χ1n) is 12.6. The van der Waals surface area contributed by atoms with E-state index in [0.29, 0.717) is 5.69 Å². The zero-order chi connectivity index (χ0) is 31.6. The van der Waals surface area contributed by atoms with E-state index in [2.05, 4.69) is 38.0 Å². The van der Waals surface area contributed by atoms with Crippen molar-refractivity contribution in [2.45, 2.75) is 19.2 Å². The lowest BCUT2D eigenvalue weighted by Gasteiger charge is -2.14. The van der Waals surface area contributed by atoms with Gasteiger partial charge in [-0.3, -0.25) is 14.7 Å². The summed E-state index contributed by atoms with van der Waals surface area (Å²) in [6.45, 7) is 3.09. The molecule has 232 valence electrons. The molecule has 0 saturated heterocycles. The highest BCUT2D eigenvalue weighted by Gasteiger charge is 2.26. The predicted octanol–water partition coefficient (Wildman–Crippen LogP) is 4.61. The zero-order valence-corrected chi connectivity index (χ0v) is 23.1. The van der Waals surface area contributed by atoms with Gasteiger partial charge in [0.25, 0.3) is 5.91 Å². The lowest BCUT2D eigenvalue weighted by molar-refractivity contribution is -0.133. The Hall–Kier alpha value is -4.86. The molecule has 3 aromatic rings. The van der Waals surface area contributed by atoms with E-state index in [-0.39, 0.29) is 54.1 Å². The number of carbonyl (C=O) groups excluding carboxylic acids is 2. The maximum absolute atomic E-state index is 14.6. The van der Waals surface area contributed by atoms with Gasteiger partial charge < -0.3 is 35.5 Å². The number of nitrogens with zero attached hydrogens (tertiary/aromatic N) is 1. The van der Waals surface area contributed by atoms with E-state index in [1.165, 1.54) is 32.4 Å². The molecule has 0 saturated carbocycles. The van der Waals surface area contributed by atoms with Gasteiger partial charge in [-0.15, -0.1) is 5.10 Å². The third-order valence-electron chi connectivity index (χ3n) is 5.76. The van der Waals surface area contributed by atoms with Crippen LogP contribution in [0.3, 0.4) is 0 Å². The molecule has 11 nitrogen and oxygen atoms in total. The van der Waals surface area contributed by atoms with Crippen LogP contribution in [-0.2, 0) is 11.4 Å². The van der Waals surface area contributed by atoms with Crippen LogP contribution in [-0.4, -0.2) is 62.0 Å². The summed E-state index contributed by atoms with van der Waals surface area (Å²) in [7, 11) is 2.43. The summed E-state index contributed by atoms with van der Waals surface area (Å²) in [5.41, 5.74) is 0.192. The number of H-pyrrole nitrogens is 1. The van der Waals surface area contributed by atoms with Crippen LogP contribution in [0.15, 0.2) is 43.0 Å². The third-order valence-corrected chi connectivity index (χ3v) is 5.76. The van der Waals surface area contributed by atoms with Crippen molar-refractivity contribution in [1.82, 2.24) is 15.5 Å². The largest absolute Gasteiger partial charge is 0.494 e. The molecule has 2 amide bonds. The molecule has 43 heavy (non-hydrogen) atoms. The Labute approximate surface area is 242 Å². The van der Waals surface area contributed by atoms with Crippen LogP contribution < -0.4 is 35.5 Å². The number of aromatic nitrogens is 2. The molecule has 0 atom stereocenters. The number of alkyl halides is 3. The molecule has 16 heteroatoms. The fourth-order valence-corrected chi connectivity index (χ4v) is 3.63. The highest BCUT2D eigenvalue weighted by molar-refractivity contribution is 6.11. The molecule has 0 spiro atoms. The molecule has 0 unspecified atom stereocenters. The number of halogens is 5. The van der Waals surface area contributed by atoms with Crippen LogP contribution in [0.2, 0.25) is 0 Å². The van der Waals surface area contributed by atoms with Gasteiger partial charge in [0.2, 0.25) is 11.8 Å². The first kappa shape index (κ1) is 32.7. The second kappa shape index (κ2) is 14.9. The summed E-state index contributed by atoms with van der Waals surface area (Å²) in [5.74, 6) is -3.73. The van der Waals surface area contributed by atoms with Crippen molar-refractivity contribution in [2.75, 3.05) is 49.8 Å². The van der Waals surface area contributed by atoms with Gasteiger partial charge in [0.05, 0.1) is 37.5 Å². The number of hydrogen-bond acceptors (Lipinski definition) is 8. The number of carbonyl (C=O) groups is 2. The topological polar surface area (TPSA) is 139 Å². The molecule has 0 bridgehead atoms. The highest BCUT2D eigenvalue weighted by atomic mass is 19.4. The van der Waals surface area contributed by atoms with Crippen molar-refractivity contribution >= 4 is 29.0 Å². The van der Waals surface area contributed by atoms with E-state index in [0.717, 1.165) is 12.1 Å². The van der Waals surface area contributed by atoms with E-state index >= 15 is 0 Å². The van der Waals surface area contributed by atoms with E-state index < -0.39 is 48.2 Å². The number of benzene rings is 2. The number of aromatic amines is 1. The molecule has 0 aliphatic rings. The number of anilines is 3. The smallest absolute Gasteiger partial charge is 0.390 e. The van der Waals surface area contributed by atoms with Gasteiger partial charge in [-0.1, -0.05) is 6.58 Å². The average molecular weight is 613 g/mol. The predicted molar refractivity (Wildman–Crippen MR) is 148 cm³/mol. The number of hydrogen-bond donors (Lipinski definition) is 5. The molecule has 3 rings (SSSR count). The van der Waals surface area contributed by atoms with Crippen molar-refractivity contribution in [3.8, 4) is 17.4 Å². The summed E-state index contributed by atoms with van der Waals surface area (Å²) in [6, 6.07) is 6.77. The zero-order valence-electron chi connectivity index (χ0n) is 23.1. The molecule has 1 heterocycles. The number of methoxy groups -OCH3 is 2. The maximum atomic E-state index is 14.6. The molecule has 5 N–H and O–H groups in total. The minimum atomic E-state index is -4.25. The van der Waals surface area contributed by atoms with Crippen LogP contribution in [0.4, 0.5) is 39.1 Å². The standard InChI is InChI=1S/C27H29F5N6O5/c1-4-22(39)35-18-11-15(34-10-9-33-8-7-27(30,31)32)5-6-16(18)26(40)36-21-13-23(38-37-21)43-14-17-24(28)19(41-2)12-20(42-3)25(17)29/h4-6,11-13,33-34H,1,7-10,14H2,2-3H3,(H,35,39)(H2,36,37,38,40). The van der Waals surface area contributed by atoms with E-state index in [1.807, 2.05) is 0 Å². The minimum absolute atomic E-state index is 0.0498. The van der Waals surface area contributed by atoms with Gasteiger partial charge >= 0.3 is 6.18 Å². The van der Waals surface area contributed by atoms with Crippen LogP contribution in [0.5, 0.6) is 17.4 Å². The summed E-state index contributed by atoms with van der Waals surface area (Å²) < 4.78 is 81.1. The van der Waals surface area contributed by atoms with Crippen LogP contribution in [0.25, 0.3) is 0 Å². The second-order valence-electron chi connectivity index (χ2n) is 8.75. The summed E-state index contributed by atoms with van der Waals surface area (Å²) in [6.07, 6.45) is -4.19. The first-order chi connectivity index (χ1) is 20.4. The monoisotopic (exact) mass is 612 g/mol. The van der Waals surface area contributed by atoms with Crippen molar-refractivity contribution in [3.05, 3.63) is 65.7 Å². The molecular formula is C27H29F5N6O5. The molecule has 2 aromatic carbocycles. The lowest BCUT2D eigenvalue weighted by atomic mass is 10.1. The quantitative estimate of drug-likeness (QED) is 0.0953. The number of ether oxygens (including phenoxy) is 3. The Morgan fingerprint density at radius 3 is 2.33 bits per heavy atom. The highest BCUT2D eigenvalue weighted by Crippen LogP contribution is 2.32. The number of rotatable bonds is 15. The average Bonchev–Trinajstić information content (AvgIpc) is 3.41. The van der Waals surface area contributed by atoms with Crippen molar-refractivity contribution in [3.63, 3.8) is 0 Å². The lowest BCUT2D eigenvalue weighted by Crippen LogP contribution is -2.26.